The third-order valence-corrected chi connectivity index (χ3v) is 5.29. The van der Waals surface area contributed by atoms with Gasteiger partial charge in [0, 0.05) is 50.7 Å². The summed E-state index contributed by atoms with van der Waals surface area (Å²) in [5.74, 6) is -0.247. The minimum absolute atomic E-state index is 0.0754. The minimum Gasteiger partial charge on any atom is -0.480 e. The number of hydrogen-bond acceptors (Lipinski definition) is 10. The zero-order valence-corrected chi connectivity index (χ0v) is 18.9. The van der Waals surface area contributed by atoms with Crippen molar-refractivity contribution in [2.75, 3.05) is 44.3 Å². The fraction of sp³-hybridized carbons (Fsp3) is 0.318. The van der Waals surface area contributed by atoms with Crippen LogP contribution in [0.25, 0.3) is 5.69 Å². The summed E-state index contributed by atoms with van der Waals surface area (Å²) in [5, 5.41) is 15.1. The highest BCUT2D eigenvalue weighted by Crippen LogP contribution is 2.23. The van der Waals surface area contributed by atoms with Gasteiger partial charge in [0.05, 0.1) is 23.4 Å². The van der Waals surface area contributed by atoms with Crippen LogP contribution in [-0.2, 0) is 9.53 Å². The number of nitrogens with zero attached hydrogens (tertiary/aromatic N) is 7. The van der Waals surface area contributed by atoms with Gasteiger partial charge in [-0.3, -0.25) is 14.9 Å². The monoisotopic (exact) mass is 481 g/mol. The Labute approximate surface area is 200 Å². The van der Waals surface area contributed by atoms with Crippen LogP contribution >= 0.6 is 0 Å². The fourth-order valence-electron chi connectivity index (χ4n) is 3.51. The third-order valence-electron chi connectivity index (χ3n) is 5.29. The molecule has 1 aromatic carbocycles. The average Bonchev–Trinajstić information content (AvgIpc) is 3.32. The van der Waals surface area contributed by atoms with Gasteiger partial charge in [-0.15, -0.1) is 0 Å². The lowest BCUT2D eigenvalue weighted by Crippen LogP contribution is -2.50. The number of ether oxygens (including phenoxy) is 2. The Kier molecular flexibility index (Phi) is 7.14. The van der Waals surface area contributed by atoms with E-state index in [1.165, 1.54) is 35.1 Å². The number of carbonyl (C=O) groups is 2. The van der Waals surface area contributed by atoms with E-state index in [0.717, 1.165) is 0 Å². The van der Waals surface area contributed by atoms with Crippen molar-refractivity contribution in [3.63, 3.8) is 0 Å². The molecule has 1 aliphatic rings. The van der Waals surface area contributed by atoms with Gasteiger partial charge in [0.2, 0.25) is 11.6 Å². The van der Waals surface area contributed by atoms with Crippen LogP contribution in [0.15, 0.2) is 48.9 Å². The summed E-state index contributed by atoms with van der Waals surface area (Å²) in [5.41, 5.74) is 0.304. The van der Waals surface area contributed by atoms with Gasteiger partial charge in [-0.05, 0) is 25.1 Å². The summed E-state index contributed by atoms with van der Waals surface area (Å²) >= 11 is 0. The van der Waals surface area contributed by atoms with Crippen molar-refractivity contribution in [1.29, 1.82) is 0 Å². The van der Waals surface area contributed by atoms with E-state index >= 15 is 0 Å². The number of aromatic nitrogens is 4. The lowest BCUT2D eigenvalue weighted by atomic mass is 10.3. The predicted octanol–water partition coefficient (Wildman–Crippen LogP) is 1.47. The van der Waals surface area contributed by atoms with E-state index < -0.39 is 10.9 Å². The maximum atomic E-state index is 12.7. The lowest BCUT2D eigenvalue weighted by molar-refractivity contribution is -0.384. The molecule has 3 aromatic rings. The van der Waals surface area contributed by atoms with Crippen molar-refractivity contribution >= 4 is 23.5 Å². The molecule has 0 N–H and O–H groups in total. The number of esters is 1. The predicted molar refractivity (Wildman–Crippen MR) is 122 cm³/mol. The van der Waals surface area contributed by atoms with Crippen LogP contribution < -0.4 is 9.64 Å². The Bertz CT molecular complexity index is 1190. The Morgan fingerprint density at radius 2 is 1.77 bits per heavy atom. The molecule has 0 unspecified atom stereocenters. The zero-order valence-electron chi connectivity index (χ0n) is 18.9. The van der Waals surface area contributed by atoms with Crippen LogP contribution in [0.5, 0.6) is 5.75 Å². The third kappa shape index (κ3) is 5.51. The SMILES string of the molecule is CCOC(=O)c1nn(-c2ccc([N+](=O)[O-])cc2)cc1OCC(=O)N1CCN(c2ncccn2)CC1. The van der Waals surface area contributed by atoms with Crippen molar-refractivity contribution in [2.45, 2.75) is 6.92 Å². The Hall–Kier alpha value is -4.55. The van der Waals surface area contributed by atoms with E-state index in [-0.39, 0.29) is 36.3 Å². The lowest BCUT2D eigenvalue weighted by Gasteiger charge is -2.34. The summed E-state index contributed by atoms with van der Waals surface area (Å²) in [6, 6.07) is 7.38. The molecular weight excluding hydrogens is 458 g/mol. The summed E-state index contributed by atoms with van der Waals surface area (Å²) < 4.78 is 12.1. The van der Waals surface area contributed by atoms with E-state index in [1.54, 1.807) is 30.3 Å². The van der Waals surface area contributed by atoms with E-state index in [4.69, 9.17) is 9.47 Å². The van der Waals surface area contributed by atoms with Gasteiger partial charge in [-0.25, -0.2) is 19.4 Å². The Morgan fingerprint density at radius 1 is 1.09 bits per heavy atom. The average molecular weight is 481 g/mol. The molecule has 182 valence electrons. The number of piperazine rings is 1. The van der Waals surface area contributed by atoms with Gasteiger partial charge in [0.15, 0.2) is 12.4 Å². The second kappa shape index (κ2) is 10.6. The first kappa shape index (κ1) is 23.6. The maximum absolute atomic E-state index is 12.7. The molecule has 35 heavy (non-hydrogen) atoms. The van der Waals surface area contributed by atoms with Crippen molar-refractivity contribution in [3.8, 4) is 11.4 Å². The van der Waals surface area contributed by atoms with Gasteiger partial charge < -0.3 is 19.3 Å². The standard InChI is InChI=1S/C22H23N7O6/c1-2-34-21(31)20-18(14-28(25-20)16-4-6-17(7-5-16)29(32)33)35-15-19(30)26-10-12-27(13-11-26)22-23-8-3-9-24-22/h3-9,14H,2,10-13,15H2,1H3. The molecule has 0 radical (unpaired) electrons. The van der Waals surface area contributed by atoms with Crippen LogP contribution in [0.4, 0.5) is 11.6 Å². The van der Waals surface area contributed by atoms with Crippen LogP contribution in [-0.4, -0.2) is 80.8 Å². The van der Waals surface area contributed by atoms with E-state index in [2.05, 4.69) is 15.1 Å². The van der Waals surface area contributed by atoms with E-state index in [0.29, 0.717) is 37.8 Å². The molecule has 0 saturated carbocycles. The number of nitro benzene ring substituents is 1. The molecule has 1 fully saturated rings. The number of nitro groups is 1. The van der Waals surface area contributed by atoms with Crippen LogP contribution in [0.2, 0.25) is 0 Å². The highest BCUT2D eigenvalue weighted by Gasteiger charge is 2.25. The fourth-order valence-corrected chi connectivity index (χ4v) is 3.51. The molecule has 13 heteroatoms. The smallest absolute Gasteiger partial charge is 0.362 e. The van der Waals surface area contributed by atoms with Gasteiger partial charge >= 0.3 is 5.97 Å². The van der Waals surface area contributed by atoms with Gasteiger partial charge in [0.1, 0.15) is 0 Å². The second-order valence-electron chi connectivity index (χ2n) is 7.49. The first-order valence-electron chi connectivity index (χ1n) is 10.9. The van der Waals surface area contributed by atoms with Gasteiger partial charge in [0.25, 0.3) is 11.6 Å². The largest absolute Gasteiger partial charge is 0.480 e. The quantitative estimate of drug-likeness (QED) is 0.263. The van der Waals surface area contributed by atoms with Gasteiger partial charge in [-0.2, -0.15) is 5.10 Å². The minimum atomic E-state index is -0.702. The number of rotatable bonds is 8. The number of non-ortho nitro benzene ring substituents is 1. The number of benzene rings is 1. The van der Waals surface area contributed by atoms with Crippen molar-refractivity contribution in [2.24, 2.45) is 0 Å². The summed E-state index contributed by atoms with van der Waals surface area (Å²) in [6.45, 7) is 3.64. The number of amides is 1. The molecule has 1 saturated heterocycles. The summed E-state index contributed by atoms with van der Waals surface area (Å²) in [7, 11) is 0. The van der Waals surface area contributed by atoms with Crippen molar-refractivity contribution in [1.82, 2.24) is 24.6 Å². The molecule has 4 rings (SSSR count). The normalized spacial score (nSPS) is 13.4. The molecule has 0 bridgehead atoms. The van der Waals surface area contributed by atoms with Crippen LogP contribution in [0, 0.1) is 10.1 Å². The van der Waals surface area contributed by atoms with Crippen molar-refractivity contribution < 1.29 is 24.0 Å². The molecule has 1 aliphatic heterocycles. The molecular formula is C22H23N7O6. The molecule has 3 heterocycles. The maximum Gasteiger partial charge on any atom is 0.362 e. The number of anilines is 1. The highest BCUT2D eigenvalue weighted by molar-refractivity contribution is 5.90. The molecule has 1 amide bonds. The van der Waals surface area contributed by atoms with Crippen molar-refractivity contribution in [3.05, 3.63) is 64.7 Å². The van der Waals surface area contributed by atoms with Crippen LogP contribution in [0.3, 0.4) is 0 Å². The topological polar surface area (TPSA) is 146 Å². The molecule has 2 aromatic heterocycles. The number of hydrogen-bond donors (Lipinski definition) is 0. The molecule has 0 aliphatic carbocycles. The number of carbonyl (C=O) groups excluding carboxylic acids is 2. The Morgan fingerprint density at radius 3 is 2.40 bits per heavy atom. The summed E-state index contributed by atoms with van der Waals surface area (Å²) in [6.07, 6.45) is 4.78. The van der Waals surface area contributed by atoms with E-state index in [9.17, 15) is 19.7 Å². The van der Waals surface area contributed by atoms with Gasteiger partial charge in [-0.1, -0.05) is 0 Å². The van der Waals surface area contributed by atoms with E-state index in [1.807, 2.05) is 4.90 Å². The molecule has 0 spiro atoms. The summed E-state index contributed by atoms with van der Waals surface area (Å²) in [4.78, 5) is 47.6. The zero-order chi connectivity index (χ0) is 24.8. The first-order chi connectivity index (χ1) is 17.0. The molecule has 0 atom stereocenters. The van der Waals surface area contributed by atoms with Crippen LogP contribution in [0.1, 0.15) is 17.4 Å². The Balaban J connectivity index is 1.42. The first-order valence-corrected chi connectivity index (χ1v) is 10.9. The second-order valence-corrected chi connectivity index (χ2v) is 7.49. The molecule has 13 nitrogen and oxygen atoms in total. The highest BCUT2D eigenvalue weighted by atomic mass is 16.6.